The highest BCUT2D eigenvalue weighted by Crippen LogP contribution is 2.48. The maximum atomic E-state index is 6.89. The minimum absolute atomic E-state index is 0.865. The standard InChI is InChI=1S/C62H39NOS/c1-3-13-40(14-4-1)41-25-27-45(28-26-41)52-37-38-56(60-54-19-9-10-23-57(54)64-61(52)60)63(48-35-36-50-46(39-48)30-29-43-17-7-8-18-49(43)50)47-33-31-44(32-34-47)51-20-12-24-58-59(51)55-22-11-21-53(62(55)65-58)42-15-5-2-6-16-42/h1-39H. The first kappa shape index (κ1) is 37.3. The zero-order valence-electron chi connectivity index (χ0n) is 35.3. The molecule has 0 unspecified atom stereocenters. The van der Waals surface area contributed by atoms with Crippen LogP contribution in [0.2, 0.25) is 0 Å². The predicted octanol–water partition coefficient (Wildman–Crippen LogP) is 18.4. The van der Waals surface area contributed by atoms with Crippen molar-refractivity contribution >= 4 is 92.1 Å². The monoisotopic (exact) mass is 845 g/mol. The summed E-state index contributed by atoms with van der Waals surface area (Å²) in [5, 5.41) is 9.68. The number of benzene rings is 11. The summed E-state index contributed by atoms with van der Waals surface area (Å²) in [4.78, 5) is 2.41. The molecule has 0 aliphatic carbocycles. The van der Waals surface area contributed by atoms with Gasteiger partial charge in [0.2, 0.25) is 0 Å². The lowest BCUT2D eigenvalue weighted by Gasteiger charge is -2.27. The van der Waals surface area contributed by atoms with Crippen LogP contribution in [0.1, 0.15) is 0 Å². The number of rotatable bonds is 7. The van der Waals surface area contributed by atoms with Crippen molar-refractivity contribution in [3.63, 3.8) is 0 Å². The van der Waals surface area contributed by atoms with E-state index in [4.69, 9.17) is 4.42 Å². The third-order valence-electron chi connectivity index (χ3n) is 13.1. The lowest BCUT2D eigenvalue weighted by atomic mass is 9.96. The Hall–Kier alpha value is -8.24. The van der Waals surface area contributed by atoms with Crippen LogP contribution in [0.15, 0.2) is 241 Å². The van der Waals surface area contributed by atoms with Crippen LogP contribution in [0.5, 0.6) is 0 Å². The molecule has 2 nitrogen and oxygen atoms in total. The zero-order valence-corrected chi connectivity index (χ0v) is 36.1. The van der Waals surface area contributed by atoms with Gasteiger partial charge in [-0.15, -0.1) is 11.3 Å². The van der Waals surface area contributed by atoms with Gasteiger partial charge < -0.3 is 9.32 Å². The molecule has 0 saturated heterocycles. The van der Waals surface area contributed by atoms with Crippen molar-refractivity contribution in [1.29, 1.82) is 0 Å². The van der Waals surface area contributed by atoms with Gasteiger partial charge in [0, 0.05) is 42.5 Å². The fourth-order valence-electron chi connectivity index (χ4n) is 9.99. The van der Waals surface area contributed by atoms with Crippen LogP contribution in [-0.4, -0.2) is 0 Å². The van der Waals surface area contributed by atoms with Gasteiger partial charge in [-0.25, -0.2) is 0 Å². The first-order valence-electron chi connectivity index (χ1n) is 22.2. The molecule has 0 amide bonds. The van der Waals surface area contributed by atoms with Crippen LogP contribution < -0.4 is 4.90 Å². The van der Waals surface area contributed by atoms with Crippen molar-refractivity contribution in [2.75, 3.05) is 4.90 Å². The summed E-state index contributed by atoms with van der Waals surface area (Å²) >= 11 is 1.88. The van der Waals surface area contributed by atoms with Gasteiger partial charge in [0.1, 0.15) is 11.2 Å². The number of furan rings is 1. The summed E-state index contributed by atoms with van der Waals surface area (Å²) in [5.41, 5.74) is 14.4. The number of para-hydroxylation sites is 1. The van der Waals surface area contributed by atoms with Gasteiger partial charge in [0.15, 0.2) is 0 Å². The fourth-order valence-corrected chi connectivity index (χ4v) is 11.3. The zero-order chi connectivity index (χ0) is 42.8. The third-order valence-corrected chi connectivity index (χ3v) is 14.3. The number of nitrogens with zero attached hydrogens (tertiary/aromatic N) is 1. The quantitative estimate of drug-likeness (QED) is 0.149. The lowest BCUT2D eigenvalue weighted by molar-refractivity contribution is 0.670. The van der Waals surface area contributed by atoms with Gasteiger partial charge in [0.25, 0.3) is 0 Å². The number of hydrogen-bond donors (Lipinski definition) is 0. The maximum absolute atomic E-state index is 6.89. The summed E-state index contributed by atoms with van der Waals surface area (Å²) in [6.45, 7) is 0. The van der Waals surface area contributed by atoms with Gasteiger partial charge >= 0.3 is 0 Å². The van der Waals surface area contributed by atoms with Gasteiger partial charge in [-0.2, -0.15) is 0 Å². The number of hydrogen-bond acceptors (Lipinski definition) is 3. The molecule has 0 fully saturated rings. The Bertz CT molecular complexity index is 3920. The van der Waals surface area contributed by atoms with E-state index in [2.05, 4.69) is 241 Å². The van der Waals surface area contributed by atoms with E-state index in [1.165, 1.54) is 75.1 Å². The highest BCUT2D eigenvalue weighted by atomic mass is 32.1. The molecule has 3 heteroatoms. The van der Waals surface area contributed by atoms with Crippen molar-refractivity contribution < 1.29 is 4.42 Å². The molecule has 0 aliphatic rings. The second kappa shape index (κ2) is 15.2. The average molecular weight is 846 g/mol. The normalized spacial score (nSPS) is 11.7. The molecular formula is C62H39NOS. The second-order valence-corrected chi connectivity index (χ2v) is 17.8. The van der Waals surface area contributed by atoms with E-state index in [1.807, 2.05) is 11.3 Å². The Balaban J connectivity index is 0.991. The molecular weight excluding hydrogens is 807 g/mol. The van der Waals surface area contributed by atoms with E-state index in [0.717, 1.165) is 50.1 Å². The SMILES string of the molecule is c1ccc(-c2ccc(-c3ccc(N(c4ccc(-c5cccc6sc7c(-c8ccccc8)cccc7c56)cc4)c4ccc5c(ccc6ccccc65)c4)c4c3oc3ccccc34)cc2)cc1. The van der Waals surface area contributed by atoms with Crippen LogP contribution in [0.3, 0.4) is 0 Å². The second-order valence-electron chi connectivity index (χ2n) is 16.8. The first-order chi connectivity index (χ1) is 32.2. The number of fused-ring (bicyclic) bond motifs is 9. The highest BCUT2D eigenvalue weighted by molar-refractivity contribution is 7.26. The largest absolute Gasteiger partial charge is 0.455 e. The minimum atomic E-state index is 0.865. The Morgan fingerprint density at radius 2 is 0.923 bits per heavy atom. The lowest BCUT2D eigenvalue weighted by Crippen LogP contribution is -2.10. The van der Waals surface area contributed by atoms with Crippen molar-refractivity contribution in [2.24, 2.45) is 0 Å². The average Bonchev–Trinajstić information content (AvgIpc) is 3.97. The van der Waals surface area contributed by atoms with E-state index in [9.17, 15) is 0 Å². The molecule has 13 aromatic rings. The van der Waals surface area contributed by atoms with Crippen LogP contribution in [0.4, 0.5) is 17.1 Å². The smallest absolute Gasteiger partial charge is 0.145 e. The first-order valence-corrected chi connectivity index (χ1v) is 23.0. The molecule has 0 bridgehead atoms. The molecule has 2 aromatic heterocycles. The van der Waals surface area contributed by atoms with Crippen molar-refractivity contribution in [1.82, 2.24) is 0 Å². The molecule has 0 saturated carbocycles. The maximum Gasteiger partial charge on any atom is 0.145 e. The molecule has 304 valence electrons. The van der Waals surface area contributed by atoms with E-state index in [0.29, 0.717) is 0 Å². The highest BCUT2D eigenvalue weighted by Gasteiger charge is 2.23. The molecule has 2 heterocycles. The molecule has 65 heavy (non-hydrogen) atoms. The Morgan fingerprint density at radius 1 is 0.338 bits per heavy atom. The Morgan fingerprint density at radius 3 is 1.75 bits per heavy atom. The fraction of sp³-hybridized carbons (Fsp3) is 0. The van der Waals surface area contributed by atoms with Gasteiger partial charge in [0.05, 0.1) is 11.1 Å². The Labute approximate surface area is 380 Å². The van der Waals surface area contributed by atoms with Crippen LogP contribution in [0, 0.1) is 0 Å². The molecule has 0 aliphatic heterocycles. The van der Waals surface area contributed by atoms with Crippen LogP contribution in [0.25, 0.3) is 108 Å². The van der Waals surface area contributed by atoms with Crippen molar-refractivity contribution in [2.45, 2.75) is 0 Å². The molecule has 0 atom stereocenters. The predicted molar refractivity (Wildman–Crippen MR) is 278 cm³/mol. The van der Waals surface area contributed by atoms with Gasteiger partial charge in [-0.3, -0.25) is 0 Å². The molecule has 13 rings (SSSR count). The summed E-state index contributed by atoms with van der Waals surface area (Å²) in [7, 11) is 0. The van der Waals surface area contributed by atoms with Crippen molar-refractivity contribution in [3.8, 4) is 44.5 Å². The number of thiophene rings is 1. The summed E-state index contributed by atoms with van der Waals surface area (Å²) in [5.74, 6) is 0. The summed E-state index contributed by atoms with van der Waals surface area (Å²) in [6, 6.07) is 85.8. The molecule has 11 aromatic carbocycles. The topological polar surface area (TPSA) is 16.4 Å². The van der Waals surface area contributed by atoms with E-state index >= 15 is 0 Å². The summed E-state index contributed by atoms with van der Waals surface area (Å²) < 4.78 is 9.50. The number of anilines is 3. The minimum Gasteiger partial charge on any atom is -0.455 e. The summed E-state index contributed by atoms with van der Waals surface area (Å²) in [6.07, 6.45) is 0. The Kier molecular flexibility index (Phi) is 8.75. The van der Waals surface area contributed by atoms with Crippen LogP contribution in [-0.2, 0) is 0 Å². The van der Waals surface area contributed by atoms with E-state index < -0.39 is 0 Å². The van der Waals surface area contributed by atoms with Crippen molar-refractivity contribution in [3.05, 3.63) is 237 Å². The van der Waals surface area contributed by atoms with Gasteiger partial charge in [-0.1, -0.05) is 188 Å². The molecule has 0 spiro atoms. The molecule has 0 radical (unpaired) electrons. The van der Waals surface area contributed by atoms with E-state index in [1.54, 1.807) is 0 Å². The van der Waals surface area contributed by atoms with Crippen LogP contribution >= 0.6 is 11.3 Å². The van der Waals surface area contributed by atoms with Gasteiger partial charge in [-0.05, 0) is 109 Å². The third kappa shape index (κ3) is 6.24. The molecule has 0 N–H and O–H groups in total. The van der Waals surface area contributed by atoms with E-state index in [-0.39, 0.29) is 0 Å².